The predicted molar refractivity (Wildman–Crippen MR) is 89.7 cm³/mol. The summed E-state index contributed by atoms with van der Waals surface area (Å²) >= 11 is 0. The van der Waals surface area contributed by atoms with E-state index in [0.29, 0.717) is 17.5 Å². The van der Waals surface area contributed by atoms with Crippen molar-refractivity contribution in [1.29, 1.82) is 0 Å². The highest BCUT2D eigenvalue weighted by atomic mass is 16.5. The van der Waals surface area contributed by atoms with Gasteiger partial charge in [-0.05, 0) is 50.6 Å². The Kier molecular flexibility index (Phi) is 5.72. The summed E-state index contributed by atoms with van der Waals surface area (Å²) in [6.07, 6.45) is 5.99. The number of hydrogen-bond acceptors (Lipinski definition) is 3. The van der Waals surface area contributed by atoms with Crippen molar-refractivity contribution in [1.82, 2.24) is 10.2 Å². The molecular weight excluding hydrogens is 260 g/mol. The number of ether oxygens (including phenoxy) is 1. The largest absolute Gasteiger partial charge is 0.375 e. The van der Waals surface area contributed by atoms with Crippen LogP contribution >= 0.6 is 0 Å². The van der Waals surface area contributed by atoms with Crippen LogP contribution in [0, 0.1) is 5.41 Å². The quantitative estimate of drug-likeness (QED) is 0.863. The monoisotopic (exact) mass is 296 g/mol. The lowest BCUT2D eigenvalue weighted by atomic mass is 9.83. The fraction of sp³-hybridized carbons (Fsp3) is 1.00. The van der Waals surface area contributed by atoms with E-state index in [1.165, 1.54) is 32.4 Å². The first kappa shape index (κ1) is 17.2. The van der Waals surface area contributed by atoms with E-state index in [-0.39, 0.29) is 5.60 Å². The lowest BCUT2D eigenvalue weighted by Gasteiger charge is -2.45. The van der Waals surface area contributed by atoms with Gasteiger partial charge in [-0.3, -0.25) is 4.90 Å². The zero-order valence-electron chi connectivity index (χ0n) is 14.9. The normalized spacial score (nSPS) is 31.9. The minimum Gasteiger partial charge on any atom is -0.375 e. The van der Waals surface area contributed by atoms with Crippen LogP contribution in [0.2, 0.25) is 0 Å². The molecule has 0 radical (unpaired) electrons. The molecule has 124 valence electrons. The van der Waals surface area contributed by atoms with Crippen molar-refractivity contribution in [2.45, 2.75) is 84.4 Å². The third kappa shape index (κ3) is 4.20. The Hall–Kier alpha value is -0.120. The third-order valence-electron chi connectivity index (χ3n) is 5.75. The molecule has 0 bridgehead atoms. The summed E-state index contributed by atoms with van der Waals surface area (Å²) in [5.74, 6) is 0. The average molecular weight is 296 g/mol. The van der Waals surface area contributed by atoms with Crippen LogP contribution in [0.5, 0.6) is 0 Å². The van der Waals surface area contributed by atoms with E-state index in [2.05, 4.69) is 44.8 Å². The molecule has 2 fully saturated rings. The summed E-state index contributed by atoms with van der Waals surface area (Å²) in [6.45, 7) is 16.2. The second-order valence-electron chi connectivity index (χ2n) is 8.11. The lowest BCUT2D eigenvalue weighted by Crippen LogP contribution is -2.52. The molecule has 0 saturated carbocycles. The van der Waals surface area contributed by atoms with Crippen LogP contribution in [0.4, 0.5) is 0 Å². The second kappa shape index (κ2) is 6.97. The van der Waals surface area contributed by atoms with Crippen LogP contribution in [-0.4, -0.2) is 48.8 Å². The Labute approximate surface area is 131 Å². The molecule has 2 unspecified atom stereocenters. The van der Waals surface area contributed by atoms with Crippen molar-refractivity contribution in [3.8, 4) is 0 Å². The smallest absolute Gasteiger partial charge is 0.0692 e. The van der Waals surface area contributed by atoms with Gasteiger partial charge in [-0.2, -0.15) is 0 Å². The summed E-state index contributed by atoms with van der Waals surface area (Å²) < 4.78 is 6.17. The lowest BCUT2D eigenvalue weighted by molar-refractivity contribution is -0.111. The van der Waals surface area contributed by atoms with Crippen LogP contribution in [0.1, 0.15) is 66.7 Å². The summed E-state index contributed by atoms with van der Waals surface area (Å²) in [5.41, 5.74) is 0.472. The van der Waals surface area contributed by atoms with Gasteiger partial charge in [0.15, 0.2) is 0 Å². The number of nitrogens with zero attached hydrogens (tertiary/aromatic N) is 1. The molecule has 2 saturated heterocycles. The van der Waals surface area contributed by atoms with Crippen molar-refractivity contribution < 1.29 is 4.74 Å². The number of nitrogens with one attached hydrogen (secondary N) is 1. The molecule has 0 aromatic rings. The Balaban J connectivity index is 2.05. The molecule has 2 aliphatic heterocycles. The molecule has 0 aliphatic carbocycles. The number of hydrogen-bond donors (Lipinski definition) is 1. The highest BCUT2D eigenvalue weighted by Crippen LogP contribution is 2.34. The molecule has 0 amide bonds. The van der Waals surface area contributed by atoms with Crippen molar-refractivity contribution in [3.05, 3.63) is 0 Å². The van der Waals surface area contributed by atoms with E-state index in [9.17, 15) is 0 Å². The van der Waals surface area contributed by atoms with Crippen molar-refractivity contribution >= 4 is 0 Å². The molecule has 1 N–H and O–H groups in total. The molecule has 2 rings (SSSR count). The summed E-state index contributed by atoms with van der Waals surface area (Å²) in [7, 11) is 0. The van der Waals surface area contributed by atoms with E-state index in [1.807, 2.05) is 0 Å². The molecule has 2 aliphatic rings. The van der Waals surface area contributed by atoms with Gasteiger partial charge < -0.3 is 10.1 Å². The molecule has 3 nitrogen and oxygen atoms in total. The molecule has 0 aromatic heterocycles. The number of rotatable bonds is 3. The topological polar surface area (TPSA) is 24.5 Å². The van der Waals surface area contributed by atoms with Gasteiger partial charge in [-0.1, -0.05) is 34.6 Å². The fourth-order valence-corrected chi connectivity index (χ4v) is 3.92. The average Bonchev–Trinajstić information content (AvgIpc) is 2.73. The molecule has 0 aromatic carbocycles. The molecule has 3 heteroatoms. The van der Waals surface area contributed by atoms with Gasteiger partial charge in [-0.25, -0.2) is 0 Å². The highest BCUT2D eigenvalue weighted by Gasteiger charge is 2.38. The predicted octanol–water partition coefficient (Wildman–Crippen LogP) is 3.43. The summed E-state index contributed by atoms with van der Waals surface area (Å²) in [6, 6.07) is 1.31. The van der Waals surface area contributed by atoms with Gasteiger partial charge in [0.05, 0.1) is 5.60 Å². The Morgan fingerprint density at radius 3 is 2.57 bits per heavy atom. The van der Waals surface area contributed by atoms with E-state index in [0.717, 1.165) is 26.0 Å². The minimum atomic E-state index is 0.139. The molecule has 2 heterocycles. The summed E-state index contributed by atoms with van der Waals surface area (Å²) in [5, 5.41) is 3.77. The maximum Gasteiger partial charge on any atom is 0.0692 e. The van der Waals surface area contributed by atoms with Gasteiger partial charge in [0.1, 0.15) is 0 Å². The van der Waals surface area contributed by atoms with E-state index in [1.54, 1.807) is 0 Å². The first-order chi connectivity index (χ1) is 9.90. The van der Waals surface area contributed by atoms with Crippen molar-refractivity contribution in [2.75, 3.05) is 26.2 Å². The highest BCUT2D eigenvalue weighted by molar-refractivity contribution is 4.93. The Bertz CT molecular complexity index is 320. The van der Waals surface area contributed by atoms with E-state index < -0.39 is 0 Å². The Morgan fingerprint density at radius 1 is 1.24 bits per heavy atom. The third-order valence-corrected chi connectivity index (χ3v) is 5.75. The zero-order valence-corrected chi connectivity index (χ0v) is 14.9. The van der Waals surface area contributed by atoms with E-state index >= 15 is 0 Å². The molecule has 21 heavy (non-hydrogen) atoms. The maximum absolute atomic E-state index is 6.17. The maximum atomic E-state index is 6.17. The SMILES string of the molecule is CCC1(CC)CC(N2CCCNC(C(C)(C)C)C2)CCO1. The van der Waals surface area contributed by atoms with Gasteiger partial charge in [0, 0.05) is 25.2 Å². The van der Waals surface area contributed by atoms with Crippen LogP contribution in [0.3, 0.4) is 0 Å². The van der Waals surface area contributed by atoms with Crippen molar-refractivity contribution in [3.63, 3.8) is 0 Å². The fourth-order valence-electron chi connectivity index (χ4n) is 3.92. The molecular formula is C18H36N2O. The second-order valence-corrected chi connectivity index (χ2v) is 8.11. The molecule has 2 atom stereocenters. The first-order valence-electron chi connectivity index (χ1n) is 9.01. The van der Waals surface area contributed by atoms with Crippen LogP contribution in [0.15, 0.2) is 0 Å². The van der Waals surface area contributed by atoms with Gasteiger partial charge in [0.2, 0.25) is 0 Å². The van der Waals surface area contributed by atoms with Gasteiger partial charge in [0.25, 0.3) is 0 Å². The first-order valence-corrected chi connectivity index (χ1v) is 9.01. The van der Waals surface area contributed by atoms with Crippen LogP contribution < -0.4 is 5.32 Å². The van der Waals surface area contributed by atoms with E-state index in [4.69, 9.17) is 4.74 Å². The van der Waals surface area contributed by atoms with Gasteiger partial charge >= 0.3 is 0 Å². The molecule has 0 spiro atoms. The zero-order chi connectivity index (χ0) is 15.5. The standard InChI is InChI=1S/C18H36N2O/c1-6-18(7-2)13-15(9-12-21-18)20-11-8-10-19-16(14-20)17(3,4)5/h15-16,19H,6-14H2,1-5H3. The van der Waals surface area contributed by atoms with Gasteiger partial charge in [-0.15, -0.1) is 0 Å². The minimum absolute atomic E-state index is 0.139. The van der Waals surface area contributed by atoms with Crippen LogP contribution in [-0.2, 0) is 4.74 Å². The Morgan fingerprint density at radius 2 is 1.95 bits per heavy atom. The summed E-state index contributed by atoms with van der Waals surface area (Å²) in [4.78, 5) is 2.76. The van der Waals surface area contributed by atoms with Crippen molar-refractivity contribution in [2.24, 2.45) is 5.41 Å². The van der Waals surface area contributed by atoms with Crippen LogP contribution in [0.25, 0.3) is 0 Å².